The van der Waals surface area contributed by atoms with Crippen LogP contribution in [-0.2, 0) is 6.54 Å². The van der Waals surface area contributed by atoms with Crippen LogP contribution in [0.5, 0.6) is 5.75 Å². The predicted molar refractivity (Wildman–Crippen MR) is 83.3 cm³/mol. The first kappa shape index (κ1) is 15.8. The zero-order valence-electron chi connectivity index (χ0n) is 12.6. The van der Waals surface area contributed by atoms with Crippen molar-refractivity contribution < 1.29 is 9.13 Å². The molecule has 6 nitrogen and oxygen atoms in total. The number of hydrogen-bond donors (Lipinski definition) is 3. The summed E-state index contributed by atoms with van der Waals surface area (Å²) < 4.78 is 19.1. The molecule has 1 aromatic carbocycles. The number of aromatic nitrogens is 2. The SMILES string of the molecule is CN=C(NCc1ccn[nH]1)NCC(C)Oc1ccccc1F. The van der Waals surface area contributed by atoms with Crippen LogP contribution in [0.25, 0.3) is 0 Å². The first-order valence-electron chi connectivity index (χ1n) is 7.03. The van der Waals surface area contributed by atoms with Gasteiger partial charge < -0.3 is 15.4 Å². The van der Waals surface area contributed by atoms with Gasteiger partial charge in [0.2, 0.25) is 0 Å². The predicted octanol–water partition coefficient (Wildman–Crippen LogP) is 1.68. The van der Waals surface area contributed by atoms with E-state index in [0.717, 1.165) is 5.69 Å². The van der Waals surface area contributed by atoms with E-state index >= 15 is 0 Å². The minimum absolute atomic E-state index is 0.206. The third-order valence-electron chi connectivity index (χ3n) is 2.95. The molecule has 0 saturated carbocycles. The number of nitrogens with zero attached hydrogens (tertiary/aromatic N) is 2. The summed E-state index contributed by atoms with van der Waals surface area (Å²) in [5, 5.41) is 13.0. The lowest BCUT2D eigenvalue weighted by atomic mass is 10.3. The van der Waals surface area contributed by atoms with Crippen molar-refractivity contribution in [1.29, 1.82) is 0 Å². The molecule has 0 fully saturated rings. The van der Waals surface area contributed by atoms with Crippen molar-refractivity contribution in [2.24, 2.45) is 4.99 Å². The molecule has 1 aromatic heterocycles. The first-order valence-corrected chi connectivity index (χ1v) is 7.03. The molecule has 2 rings (SSSR count). The van der Waals surface area contributed by atoms with Gasteiger partial charge in [0.05, 0.1) is 18.8 Å². The molecule has 118 valence electrons. The van der Waals surface area contributed by atoms with Crippen LogP contribution in [0.1, 0.15) is 12.6 Å². The van der Waals surface area contributed by atoms with E-state index in [1.807, 2.05) is 13.0 Å². The van der Waals surface area contributed by atoms with Crippen LogP contribution in [0.15, 0.2) is 41.5 Å². The molecule has 1 unspecified atom stereocenters. The van der Waals surface area contributed by atoms with Crippen LogP contribution in [0, 0.1) is 5.82 Å². The van der Waals surface area contributed by atoms with E-state index in [-0.39, 0.29) is 17.7 Å². The monoisotopic (exact) mass is 305 g/mol. The third kappa shape index (κ3) is 4.76. The summed E-state index contributed by atoms with van der Waals surface area (Å²) in [6.45, 7) is 2.95. The van der Waals surface area contributed by atoms with Crippen molar-refractivity contribution >= 4 is 5.96 Å². The summed E-state index contributed by atoms with van der Waals surface area (Å²) in [7, 11) is 1.69. The number of nitrogens with one attached hydrogen (secondary N) is 3. The lowest BCUT2D eigenvalue weighted by Crippen LogP contribution is -2.41. The van der Waals surface area contributed by atoms with E-state index in [9.17, 15) is 4.39 Å². The van der Waals surface area contributed by atoms with Gasteiger partial charge in [0.15, 0.2) is 17.5 Å². The molecule has 3 N–H and O–H groups in total. The fourth-order valence-electron chi connectivity index (χ4n) is 1.82. The summed E-state index contributed by atoms with van der Waals surface area (Å²) in [5.41, 5.74) is 0.957. The highest BCUT2D eigenvalue weighted by atomic mass is 19.1. The van der Waals surface area contributed by atoms with E-state index in [2.05, 4.69) is 25.8 Å². The van der Waals surface area contributed by atoms with Crippen LogP contribution in [-0.4, -0.2) is 35.9 Å². The number of para-hydroxylation sites is 1. The highest BCUT2D eigenvalue weighted by molar-refractivity contribution is 5.79. The number of H-pyrrole nitrogens is 1. The van der Waals surface area contributed by atoms with Gasteiger partial charge in [0, 0.05) is 13.2 Å². The summed E-state index contributed by atoms with van der Waals surface area (Å²) in [4.78, 5) is 4.11. The Labute approximate surface area is 128 Å². The number of hydrogen-bond acceptors (Lipinski definition) is 3. The van der Waals surface area contributed by atoms with Crippen LogP contribution >= 0.6 is 0 Å². The van der Waals surface area contributed by atoms with Crippen molar-refractivity contribution in [1.82, 2.24) is 20.8 Å². The summed E-state index contributed by atoms with van der Waals surface area (Å²) in [6, 6.07) is 8.23. The van der Waals surface area contributed by atoms with Crippen LogP contribution in [0.2, 0.25) is 0 Å². The van der Waals surface area contributed by atoms with Crippen LogP contribution < -0.4 is 15.4 Å². The Morgan fingerprint density at radius 2 is 2.18 bits per heavy atom. The number of guanidine groups is 1. The molecule has 0 bridgehead atoms. The maximum atomic E-state index is 13.5. The largest absolute Gasteiger partial charge is 0.486 e. The second-order valence-corrected chi connectivity index (χ2v) is 4.75. The molecule has 0 aliphatic heterocycles. The lowest BCUT2D eigenvalue weighted by molar-refractivity contribution is 0.214. The molecule has 0 radical (unpaired) electrons. The fraction of sp³-hybridized carbons (Fsp3) is 0.333. The van der Waals surface area contributed by atoms with Gasteiger partial charge in [-0.05, 0) is 25.1 Å². The second kappa shape index (κ2) is 8.02. The standard InChI is InChI=1S/C15H20FN5O/c1-11(22-14-6-4-3-5-13(14)16)9-18-15(17-2)19-10-12-7-8-20-21-12/h3-8,11H,9-10H2,1-2H3,(H,20,21)(H2,17,18,19). The van der Waals surface area contributed by atoms with Gasteiger partial charge in [-0.2, -0.15) is 5.10 Å². The normalized spacial score (nSPS) is 12.8. The molecule has 7 heteroatoms. The van der Waals surface area contributed by atoms with Crippen LogP contribution in [0.4, 0.5) is 4.39 Å². The van der Waals surface area contributed by atoms with Gasteiger partial charge in [-0.15, -0.1) is 0 Å². The van der Waals surface area contributed by atoms with Gasteiger partial charge in [-0.1, -0.05) is 12.1 Å². The van der Waals surface area contributed by atoms with Crippen molar-refractivity contribution in [2.75, 3.05) is 13.6 Å². The Hall–Kier alpha value is -2.57. The molecule has 2 aromatic rings. The van der Waals surface area contributed by atoms with E-state index in [0.29, 0.717) is 19.0 Å². The molecule has 0 aliphatic rings. The highest BCUT2D eigenvalue weighted by Crippen LogP contribution is 2.16. The number of aliphatic imine (C=N–C) groups is 1. The van der Waals surface area contributed by atoms with Crippen molar-refractivity contribution in [3.05, 3.63) is 48.0 Å². The van der Waals surface area contributed by atoms with E-state index < -0.39 is 0 Å². The van der Waals surface area contributed by atoms with E-state index in [4.69, 9.17) is 4.74 Å². The zero-order chi connectivity index (χ0) is 15.8. The molecular formula is C15H20FN5O. The average molecular weight is 305 g/mol. The molecule has 0 spiro atoms. The second-order valence-electron chi connectivity index (χ2n) is 4.75. The summed E-state index contributed by atoms with van der Waals surface area (Å²) >= 11 is 0. The van der Waals surface area contributed by atoms with E-state index in [1.165, 1.54) is 6.07 Å². The number of aromatic amines is 1. The van der Waals surface area contributed by atoms with Gasteiger partial charge >= 0.3 is 0 Å². The summed E-state index contributed by atoms with van der Waals surface area (Å²) in [5.74, 6) is 0.520. The minimum atomic E-state index is -0.365. The van der Waals surface area contributed by atoms with E-state index in [1.54, 1.807) is 31.4 Å². The van der Waals surface area contributed by atoms with Gasteiger partial charge in [0.25, 0.3) is 0 Å². The smallest absolute Gasteiger partial charge is 0.191 e. The topological polar surface area (TPSA) is 74.3 Å². The number of rotatable bonds is 6. The molecule has 0 aliphatic carbocycles. The molecule has 22 heavy (non-hydrogen) atoms. The molecule has 1 atom stereocenters. The maximum Gasteiger partial charge on any atom is 0.191 e. The Bertz CT molecular complexity index is 600. The van der Waals surface area contributed by atoms with Gasteiger partial charge in [0.1, 0.15) is 6.10 Å². The molecule has 0 saturated heterocycles. The first-order chi connectivity index (χ1) is 10.7. The fourth-order valence-corrected chi connectivity index (χ4v) is 1.82. The lowest BCUT2D eigenvalue weighted by Gasteiger charge is -2.17. The quantitative estimate of drug-likeness (QED) is 0.561. The Morgan fingerprint density at radius 1 is 1.36 bits per heavy atom. The Kier molecular flexibility index (Phi) is 5.76. The van der Waals surface area contributed by atoms with Crippen LogP contribution in [0.3, 0.4) is 0 Å². The van der Waals surface area contributed by atoms with Crippen molar-refractivity contribution in [2.45, 2.75) is 19.6 Å². The zero-order valence-corrected chi connectivity index (χ0v) is 12.6. The minimum Gasteiger partial charge on any atom is -0.486 e. The van der Waals surface area contributed by atoms with Crippen molar-refractivity contribution in [3.8, 4) is 5.75 Å². The molecular weight excluding hydrogens is 285 g/mol. The van der Waals surface area contributed by atoms with Crippen molar-refractivity contribution in [3.63, 3.8) is 0 Å². The Balaban J connectivity index is 1.76. The van der Waals surface area contributed by atoms with Gasteiger partial charge in [-0.25, -0.2) is 4.39 Å². The number of benzene rings is 1. The van der Waals surface area contributed by atoms with Gasteiger partial charge in [-0.3, -0.25) is 10.1 Å². The third-order valence-corrected chi connectivity index (χ3v) is 2.95. The Morgan fingerprint density at radius 3 is 2.86 bits per heavy atom. The average Bonchev–Trinajstić information content (AvgIpc) is 3.03. The summed E-state index contributed by atoms with van der Waals surface area (Å²) in [6.07, 6.45) is 1.49. The molecule has 0 amide bonds. The maximum absolute atomic E-state index is 13.5. The number of ether oxygens (including phenoxy) is 1. The highest BCUT2D eigenvalue weighted by Gasteiger charge is 2.08. The number of halogens is 1. The molecule has 1 heterocycles.